The van der Waals surface area contributed by atoms with Gasteiger partial charge in [-0.15, -0.1) is 0 Å². The zero-order valence-electron chi connectivity index (χ0n) is 9.42. The molecule has 1 atom stereocenters. The highest BCUT2D eigenvalue weighted by atomic mass is 32.2. The maximum absolute atomic E-state index is 12.8. The number of halogens is 2. The van der Waals surface area contributed by atoms with Gasteiger partial charge in [0.15, 0.2) is 0 Å². The van der Waals surface area contributed by atoms with Crippen molar-refractivity contribution in [3.8, 4) is 0 Å². The highest BCUT2D eigenvalue weighted by Gasteiger charge is 2.59. The average Bonchev–Trinajstić information content (AvgIpc) is 2.82. The number of nitrogens with zero attached hydrogens (tertiary/aromatic N) is 3. The second-order valence-corrected chi connectivity index (χ2v) is 5.91. The average molecular weight is 289 g/mol. The topological polar surface area (TPSA) is 92.7 Å². The predicted octanol–water partition coefficient (Wildman–Crippen LogP) is 0.987. The van der Waals surface area contributed by atoms with Crippen LogP contribution in [0, 0.1) is 0 Å². The SMILES string of the molecule is O=S(=O)(Nc1cnn(C2CC2(F)F)c1)c1cn[nH]c1. The van der Waals surface area contributed by atoms with Gasteiger partial charge in [0.1, 0.15) is 10.9 Å². The largest absolute Gasteiger partial charge is 0.284 e. The van der Waals surface area contributed by atoms with E-state index in [1.807, 2.05) is 0 Å². The summed E-state index contributed by atoms with van der Waals surface area (Å²) in [5.41, 5.74) is 0.129. The number of hydrogen-bond acceptors (Lipinski definition) is 4. The molecule has 2 heterocycles. The summed E-state index contributed by atoms with van der Waals surface area (Å²) < 4.78 is 52.6. The fourth-order valence-electron chi connectivity index (χ4n) is 1.65. The Morgan fingerprint density at radius 2 is 2.21 bits per heavy atom. The fraction of sp³-hybridized carbons (Fsp3) is 0.333. The molecule has 0 aromatic carbocycles. The van der Waals surface area contributed by atoms with E-state index in [2.05, 4.69) is 20.0 Å². The van der Waals surface area contributed by atoms with Gasteiger partial charge in [-0.2, -0.15) is 10.2 Å². The van der Waals surface area contributed by atoms with E-state index in [1.54, 1.807) is 0 Å². The minimum Gasteiger partial charge on any atom is -0.284 e. The minimum atomic E-state index is -3.78. The second-order valence-electron chi connectivity index (χ2n) is 4.23. The Morgan fingerprint density at radius 3 is 2.79 bits per heavy atom. The van der Waals surface area contributed by atoms with Gasteiger partial charge in [0.25, 0.3) is 15.9 Å². The highest BCUT2D eigenvalue weighted by Crippen LogP contribution is 2.52. The van der Waals surface area contributed by atoms with E-state index in [-0.39, 0.29) is 17.0 Å². The zero-order chi connectivity index (χ0) is 13.7. The van der Waals surface area contributed by atoms with Gasteiger partial charge in [0.2, 0.25) is 0 Å². The summed E-state index contributed by atoms with van der Waals surface area (Å²) in [6, 6.07) is -0.986. The van der Waals surface area contributed by atoms with E-state index in [0.717, 1.165) is 10.9 Å². The molecule has 1 saturated carbocycles. The van der Waals surface area contributed by atoms with Crippen LogP contribution in [0.2, 0.25) is 0 Å². The van der Waals surface area contributed by atoms with Crippen molar-refractivity contribution in [2.45, 2.75) is 23.3 Å². The van der Waals surface area contributed by atoms with E-state index >= 15 is 0 Å². The zero-order valence-corrected chi connectivity index (χ0v) is 10.2. The molecule has 19 heavy (non-hydrogen) atoms. The number of alkyl halides is 2. The molecule has 2 aromatic rings. The van der Waals surface area contributed by atoms with Gasteiger partial charge in [-0.05, 0) is 0 Å². The Kier molecular flexibility index (Phi) is 2.39. The Morgan fingerprint density at radius 1 is 1.47 bits per heavy atom. The van der Waals surface area contributed by atoms with Crippen LogP contribution >= 0.6 is 0 Å². The number of anilines is 1. The summed E-state index contributed by atoms with van der Waals surface area (Å²) >= 11 is 0. The molecular weight excluding hydrogens is 280 g/mol. The molecule has 1 aliphatic rings. The van der Waals surface area contributed by atoms with Crippen molar-refractivity contribution in [2.75, 3.05) is 4.72 Å². The molecule has 2 N–H and O–H groups in total. The van der Waals surface area contributed by atoms with Crippen LogP contribution in [0.1, 0.15) is 12.5 Å². The lowest BCUT2D eigenvalue weighted by Crippen LogP contribution is -2.11. The van der Waals surface area contributed by atoms with Crippen molar-refractivity contribution in [1.29, 1.82) is 0 Å². The lowest BCUT2D eigenvalue weighted by molar-refractivity contribution is 0.0983. The number of aromatic nitrogens is 4. The van der Waals surface area contributed by atoms with Gasteiger partial charge in [-0.25, -0.2) is 17.2 Å². The standard InChI is InChI=1S/C9H9F2N5O2S/c10-9(11)1-8(9)16-5-6(2-14-16)15-19(17,18)7-3-12-13-4-7/h2-5,8,15H,1H2,(H,12,13). The second kappa shape index (κ2) is 3.76. The molecule has 0 saturated heterocycles. The normalized spacial score (nSPS) is 21.3. The summed E-state index contributed by atoms with van der Waals surface area (Å²) in [4.78, 5) is -0.0444. The van der Waals surface area contributed by atoms with Crippen LogP contribution in [0.25, 0.3) is 0 Å². The molecule has 7 nitrogen and oxygen atoms in total. The Labute approximate surface area is 106 Å². The van der Waals surface area contributed by atoms with Crippen LogP contribution in [0.4, 0.5) is 14.5 Å². The molecule has 2 aromatic heterocycles. The van der Waals surface area contributed by atoms with E-state index < -0.39 is 22.0 Å². The monoisotopic (exact) mass is 289 g/mol. The summed E-state index contributed by atoms with van der Waals surface area (Å²) in [6.07, 6.45) is 4.50. The van der Waals surface area contributed by atoms with Gasteiger partial charge in [-0.3, -0.25) is 14.5 Å². The lowest BCUT2D eigenvalue weighted by atomic mass is 10.6. The molecule has 1 aliphatic carbocycles. The van der Waals surface area contributed by atoms with Gasteiger partial charge in [0, 0.05) is 18.8 Å². The number of nitrogens with one attached hydrogen (secondary N) is 2. The molecule has 0 amide bonds. The third-order valence-electron chi connectivity index (χ3n) is 2.75. The van der Waals surface area contributed by atoms with Gasteiger partial charge < -0.3 is 0 Å². The maximum Gasteiger partial charge on any atom is 0.272 e. The lowest BCUT2D eigenvalue weighted by Gasteiger charge is -2.02. The van der Waals surface area contributed by atoms with Gasteiger partial charge >= 0.3 is 0 Å². The molecule has 0 aliphatic heterocycles. The minimum absolute atomic E-state index is 0.0444. The molecule has 0 bridgehead atoms. The number of aromatic amines is 1. The number of sulfonamides is 1. The number of rotatable bonds is 4. The highest BCUT2D eigenvalue weighted by molar-refractivity contribution is 7.92. The van der Waals surface area contributed by atoms with Crippen molar-refractivity contribution < 1.29 is 17.2 Å². The van der Waals surface area contributed by atoms with E-state index in [1.165, 1.54) is 18.6 Å². The van der Waals surface area contributed by atoms with Crippen molar-refractivity contribution in [3.05, 3.63) is 24.8 Å². The predicted molar refractivity (Wildman–Crippen MR) is 60.2 cm³/mol. The maximum atomic E-state index is 12.8. The molecular formula is C9H9F2N5O2S. The van der Waals surface area contributed by atoms with Crippen LogP contribution in [-0.4, -0.2) is 34.3 Å². The smallest absolute Gasteiger partial charge is 0.272 e. The first-order chi connectivity index (χ1) is 8.88. The van der Waals surface area contributed by atoms with Crippen LogP contribution in [0.3, 0.4) is 0 Å². The number of H-pyrrole nitrogens is 1. The third-order valence-corrected chi connectivity index (χ3v) is 4.10. The molecule has 1 fully saturated rings. The first kappa shape index (κ1) is 12.1. The third kappa shape index (κ3) is 2.18. The molecule has 102 valence electrons. The summed E-state index contributed by atoms with van der Waals surface area (Å²) in [5.74, 6) is -2.76. The molecule has 10 heteroatoms. The van der Waals surface area contributed by atoms with E-state index in [4.69, 9.17) is 0 Å². The number of hydrogen-bond donors (Lipinski definition) is 2. The van der Waals surface area contributed by atoms with Crippen LogP contribution in [-0.2, 0) is 10.0 Å². The molecule has 1 unspecified atom stereocenters. The molecule has 3 rings (SSSR count). The summed E-state index contributed by atoms with van der Waals surface area (Å²) in [5, 5.41) is 9.63. The quantitative estimate of drug-likeness (QED) is 0.877. The van der Waals surface area contributed by atoms with Crippen molar-refractivity contribution >= 4 is 15.7 Å². The van der Waals surface area contributed by atoms with Crippen LogP contribution in [0.15, 0.2) is 29.7 Å². The Bertz CT molecular complexity index is 694. The van der Waals surface area contributed by atoms with Crippen molar-refractivity contribution in [1.82, 2.24) is 20.0 Å². The van der Waals surface area contributed by atoms with E-state index in [9.17, 15) is 17.2 Å². The summed E-state index contributed by atoms with van der Waals surface area (Å²) in [7, 11) is -3.78. The van der Waals surface area contributed by atoms with E-state index in [0.29, 0.717) is 0 Å². The van der Waals surface area contributed by atoms with Gasteiger partial charge in [0.05, 0.1) is 18.1 Å². The molecule has 0 spiro atoms. The summed E-state index contributed by atoms with van der Waals surface area (Å²) in [6.45, 7) is 0. The first-order valence-corrected chi connectivity index (χ1v) is 6.80. The van der Waals surface area contributed by atoms with Crippen LogP contribution < -0.4 is 4.72 Å². The van der Waals surface area contributed by atoms with Gasteiger partial charge in [-0.1, -0.05) is 0 Å². The van der Waals surface area contributed by atoms with Crippen LogP contribution in [0.5, 0.6) is 0 Å². The Balaban J connectivity index is 1.78. The van der Waals surface area contributed by atoms with Crippen molar-refractivity contribution in [2.24, 2.45) is 0 Å². The first-order valence-electron chi connectivity index (χ1n) is 5.32. The molecule has 0 radical (unpaired) electrons. The fourth-order valence-corrected chi connectivity index (χ4v) is 2.58. The van der Waals surface area contributed by atoms with Crippen molar-refractivity contribution in [3.63, 3.8) is 0 Å². The Hall–Kier alpha value is -1.97.